The minimum absolute atomic E-state index is 0.571. The molecule has 682 valence electrons. The molecule has 5 aromatic carbocycles. The molecule has 11 aliphatic rings. The van der Waals surface area contributed by atoms with Gasteiger partial charge in [-0.1, -0.05) is 213 Å². The van der Waals surface area contributed by atoms with Gasteiger partial charge in [0.1, 0.15) is 43.7 Å². The highest BCUT2D eigenvalue weighted by atomic mass is 15.3. The third-order valence-corrected chi connectivity index (χ3v) is 17.0. The van der Waals surface area contributed by atoms with Crippen molar-refractivity contribution >= 4 is 128 Å². The van der Waals surface area contributed by atoms with Crippen LogP contribution < -0.4 is 21.4 Å². The number of fused-ring (bicyclic) bond motifs is 14. The molecule has 0 bridgehead atoms. The highest BCUT2D eigenvalue weighted by Crippen LogP contribution is 2.24. The number of hydrogen-bond acceptors (Lipinski definition) is 30. The first-order chi connectivity index (χ1) is 64.6. The van der Waals surface area contributed by atoms with Gasteiger partial charge in [-0.05, 0) is 84.5 Å². The van der Waals surface area contributed by atoms with Crippen molar-refractivity contribution in [1.82, 2.24) is 85.9 Å². The van der Waals surface area contributed by atoms with E-state index in [1.54, 1.807) is 86.9 Å². The van der Waals surface area contributed by atoms with E-state index in [9.17, 15) is 0 Å². The number of nitrogens with zero attached hydrogens (tertiary/aromatic N) is 30. The molecule has 13 aromatic rings. The van der Waals surface area contributed by atoms with Gasteiger partial charge < -0.3 is 0 Å². The van der Waals surface area contributed by atoms with Gasteiger partial charge in [0.15, 0.2) is 17.5 Å². The van der Waals surface area contributed by atoms with Crippen LogP contribution in [0.5, 0.6) is 0 Å². The van der Waals surface area contributed by atoms with Gasteiger partial charge in [0, 0.05) is 152 Å². The second-order valence-corrected chi connectivity index (χ2v) is 24.0. The molecule has 130 heavy (non-hydrogen) atoms. The predicted octanol–water partition coefficient (Wildman–Crippen LogP) is 21.0. The van der Waals surface area contributed by atoms with E-state index in [4.69, 9.17) is 0 Å². The van der Waals surface area contributed by atoms with Crippen molar-refractivity contribution < 1.29 is 0 Å². The van der Waals surface area contributed by atoms with Crippen molar-refractivity contribution in [1.29, 1.82) is 0 Å². The summed E-state index contributed by atoms with van der Waals surface area (Å²) in [6.07, 6.45) is 47.9. The van der Waals surface area contributed by atoms with E-state index in [0.29, 0.717) is 25.8 Å². The van der Waals surface area contributed by atoms with Crippen LogP contribution in [0.3, 0.4) is 0 Å². The summed E-state index contributed by atoms with van der Waals surface area (Å²) in [4.78, 5) is 86.2. The van der Waals surface area contributed by atoms with Gasteiger partial charge in [-0.15, -0.1) is 10.2 Å². The summed E-state index contributed by atoms with van der Waals surface area (Å²) in [5.41, 5.74) is 17.3. The molecular weight excluding hydrogens is 1620 g/mol. The van der Waals surface area contributed by atoms with E-state index < -0.39 is 0 Å². The highest BCUT2D eigenvalue weighted by molar-refractivity contribution is 6.43. The fourth-order valence-corrected chi connectivity index (χ4v) is 11.5. The normalized spacial score (nSPS) is 12.4. The SMILES string of the molecule is C1=Nc2c(ccc3c2=NCN=3)C1.C1=Nc2cc3c(cc2C1)=NCN=3.C1=Nc2cncnc2C1.C1=Nc2cnncc2C1.C1=Nc2nccnc2C1.C1=Nc2ncncc2C1.C1=Nc2nnncc2C1.C1CCC2=NCN=C2C1.CC.CC.CC.CC.CC.CC.CC.CC.CC.CC.CC.c1ccc2cnncc2c1.c1ccc2nccnc2c1.c1ccc2nnccc2c1. The number of para-hydroxylation sites is 2. The van der Waals surface area contributed by atoms with E-state index in [2.05, 4.69) is 163 Å². The lowest BCUT2D eigenvalue weighted by Gasteiger charge is -2.10. The van der Waals surface area contributed by atoms with Crippen LogP contribution in [0.2, 0.25) is 0 Å². The summed E-state index contributed by atoms with van der Waals surface area (Å²) in [6, 6.07) is 33.9. The van der Waals surface area contributed by atoms with E-state index in [0.717, 1.165) is 156 Å². The van der Waals surface area contributed by atoms with Crippen LogP contribution in [0, 0.1) is 0 Å². The van der Waals surface area contributed by atoms with Gasteiger partial charge in [-0.3, -0.25) is 64.9 Å². The molecule has 1 aliphatic carbocycles. The van der Waals surface area contributed by atoms with Gasteiger partial charge in [0.25, 0.3) is 0 Å². The van der Waals surface area contributed by atoms with Crippen molar-refractivity contribution in [3.63, 3.8) is 0 Å². The van der Waals surface area contributed by atoms with Crippen molar-refractivity contribution in [3.05, 3.63) is 251 Å². The third-order valence-electron chi connectivity index (χ3n) is 17.0. The summed E-state index contributed by atoms with van der Waals surface area (Å²) in [5.74, 6) is 2.31. The molecule has 0 atom stereocenters. The van der Waals surface area contributed by atoms with Crippen LogP contribution in [0.1, 0.15) is 217 Å². The molecule has 1 saturated carbocycles. The molecule has 30 heteroatoms. The Hall–Kier alpha value is -14.3. The lowest BCUT2D eigenvalue weighted by Crippen LogP contribution is -2.21. The molecule has 10 aliphatic heterocycles. The zero-order valence-electron chi connectivity index (χ0n) is 80.3. The summed E-state index contributed by atoms with van der Waals surface area (Å²) >= 11 is 0. The molecule has 0 saturated heterocycles. The number of aliphatic imine (C=N–C) groups is 9. The summed E-state index contributed by atoms with van der Waals surface area (Å²) < 4.78 is 0. The van der Waals surface area contributed by atoms with Crippen molar-refractivity contribution in [3.8, 4) is 0 Å². The van der Waals surface area contributed by atoms with Gasteiger partial charge in [0.2, 0.25) is 0 Å². The molecule has 30 nitrogen and oxygen atoms in total. The van der Waals surface area contributed by atoms with Crippen molar-refractivity contribution in [2.75, 3.05) is 20.0 Å². The molecule has 0 radical (unpaired) electrons. The minimum atomic E-state index is 0.571. The molecule has 24 rings (SSSR count). The second kappa shape index (κ2) is 69.8. The van der Waals surface area contributed by atoms with Crippen LogP contribution in [-0.4, -0.2) is 161 Å². The smallest absolute Gasteiger partial charge is 0.181 e. The number of hydrogen-bond donors (Lipinski definition) is 0. The topological polar surface area (TPSA) is 380 Å². The molecule has 0 spiro atoms. The van der Waals surface area contributed by atoms with Crippen LogP contribution in [0.4, 0.5) is 40.2 Å². The number of rotatable bonds is 0. The van der Waals surface area contributed by atoms with E-state index in [1.807, 2.05) is 281 Å². The van der Waals surface area contributed by atoms with E-state index in [-0.39, 0.29) is 0 Å². The summed E-state index contributed by atoms with van der Waals surface area (Å²) in [6.45, 7) is 45.9. The molecule has 0 amide bonds. The lowest BCUT2D eigenvalue weighted by molar-refractivity contribution is 0.780. The van der Waals surface area contributed by atoms with Crippen molar-refractivity contribution in [2.24, 2.45) is 64.9 Å². The average molecular weight is 1750 g/mol. The fourth-order valence-electron chi connectivity index (χ4n) is 11.5. The zero-order valence-corrected chi connectivity index (χ0v) is 80.3. The fraction of sp³-hybridized carbons (Fsp3) is 0.360. The van der Waals surface area contributed by atoms with Crippen LogP contribution in [-0.2, 0) is 44.9 Å². The van der Waals surface area contributed by atoms with Crippen LogP contribution in [0.15, 0.2) is 255 Å². The second-order valence-electron chi connectivity index (χ2n) is 24.0. The van der Waals surface area contributed by atoms with Crippen LogP contribution >= 0.6 is 0 Å². The first-order valence-corrected chi connectivity index (χ1v) is 45.7. The molecule has 0 N–H and O–H groups in total. The standard InChI is InChI=1S/2C9H7N3.3C8H6N2.C7H10N2.4C6H5N3.C5H4N4.11C2H6/c1-2-10-7-4-9-8(3-6(1)7)11-5-12-9;1-2-7-9(12-5-11-7)8-6(1)3-4-10-8;1-2-4-8-6-10-9-5-7(8)3-1;1-2-4-8-7(3-1)9-5-6-10-8;1-2-4-8-7(3-1)5-6-9-10-8;1-2-4-7-6(3-1)8-5-9-7;1-2-8-6-3-7-4-9-5(1)6;1-2-8-6-5(1)3-7-4-9-6;1-2-7-6-4-9-8-3-5(1)6;1-2-8-6-5(1)7-3-4-9-6;1-2-6-5-4(1)3-7-9-8-5;11*1-2/h2-4H,1,5H2;1-2,4H,3,5H2;3*1-6H;1-5H2;4*2-4H,1H2;2-3H,1H2;11*1-2H3. The molecule has 1 fully saturated rings. The maximum Gasteiger partial charge on any atom is 0.181 e. The predicted molar refractivity (Wildman–Crippen MR) is 540 cm³/mol. The maximum absolute atomic E-state index is 4.29. The maximum atomic E-state index is 4.29. The average Bonchev–Trinajstić information content (AvgIpc) is 1.65. The molecule has 0 unspecified atom stereocenters. The van der Waals surface area contributed by atoms with E-state index >= 15 is 0 Å². The van der Waals surface area contributed by atoms with Gasteiger partial charge in [-0.25, -0.2) is 39.9 Å². The lowest BCUT2D eigenvalue weighted by atomic mass is 9.97. The summed E-state index contributed by atoms with van der Waals surface area (Å²) in [5, 5.41) is 40.8. The molecule has 18 heterocycles. The first-order valence-electron chi connectivity index (χ1n) is 45.7. The van der Waals surface area contributed by atoms with Gasteiger partial charge in [0.05, 0.1) is 116 Å². The number of aromatic nitrogens is 17. The largest absolute Gasteiger partial charge is 0.265 e. The van der Waals surface area contributed by atoms with E-state index in [1.165, 1.54) is 60.1 Å². The summed E-state index contributed by atoms with van der Waals surface area (Å²) in [7, 11) is 0. The number of benzene rings is 5. The Balaban J connectivity index is 0.000000361. The minimum Gasteiger partial charge on any atom is -0.265 e. The Kier molecular flexibility index (Phi) is 59.0. The van der Waals surface area contributed by atoms with Gasteiger partial charge in [-0.2, -0.15) is 30.6 Å². The molecular formula is C100H132N30. The van der Waals surface area contributed by atoms with Crippen molar-refractivity contribution in [2.45, 2.75) is 223 Å². The Morgan fingerprint density at radius 2 is 0.731 bits per heavy atom. The van der Waals surface area contributed by atoms with Gasteiger partial charge >= 0.3 is 0 Å². The monoisotopic (exact) mass is 1750 g/mol. The Morgan fingerprint density at radius 3 is 1.36 bits per heavy atom. The Bertz CT molecular complexity index is 5220. The first kappa shape index (κ1) is 110. The quantitative estimate of drug-likeness (QED) is 0.136. The Labute approximate surface area is 768 Å². The highest BCUT2D eigenvalue weighted by Gasteiger charge is 2.18. The molecule has 8 aromatic heterocycles. The third kappa shape index (κ3) is 36.6. The van der Waals surface area contributed by atoms with Crippen LogP contribution in [0.25, 0.3) is 32.7 Å². The Morgan fingerprint density at radius 1 is 0.262 bits per heavy atom. The zero-order chi connectivity index (χ0) is 95.0.